The molecule has 0 rings (SSSR count). The van der Waals surface area contributed by atoms with E-state index in [0.717, 1.165) is 116 Å². The molecule has 0 fully saturated rings. The molecule has 0 heterocycles. The summed E-state index contributed by atoms with van der Waals surface area (Å²) in [6, 6.07) is 0. The van der Waals surface area contributed by atoms with Gasteiger partial charge in [0.1, 0.15) is 24.9 Å². The van der Waals surface area contributed by atoms with Gasteiger partial charge in [-0.15, -0.1) is 0 Å². The molecule has 0 spiro atoms. The Hall–Kier alpha value is -1.99. The number of alkyl carbamates (subject to hydrolysis) is 1. The Kier molecular flexibility index (Phi) is 56.7. The fraction of sp³-hybridized carbons (Fsp3) is 0.950. The van der Waals surface area contributed by atoms with Gasteiger partial charge < -0.3 is 44.2 Å². The fourth-order valence-corrected chi connectivity index (χ4v) is 8.99. The van der Waals surface area contributed by atoms with E-state index in [2.05, 4.69) is 33.0 Å². The third kappa shape index (κ3) is 52.9. The molecule has 1 unspecified atom stereocenters. The largest absolute Gasteiger partial charge is 0.462 e. The minimum atomic E-state index is -0.517. The molecule has 0 saturated heterocycles. The van der Waals surface area contributed by atoms with E-state index in [1.54, 1.807) is 0 Å². The molecule has 0 aromatic rings. The zero-order valence-electron chi connectivity index (χ0n) is 47.7. The van der Waals surface area contributed by atoms with Crippen LogP contribution in [0, 0.1) is 0 Å². The molecule has 1 atom stereocenters. The maximum Gasteiger partial charge on any atom is 0.407 e. The Bertz CT molecular complexity index is 1100. The lowest BCUT2D eigenvalue weighted by Crippen LogP contribution is -2.33. The second-order valence-electron chi connectivity index (χ2n) is 20.6. The van der Waals surface area contributed by atoms with E-state index in [0.29, 0.717) is 72.2 Å². The third-order valence-electron chi connectivity index (χ3n) is 13.5. The lowest BCUT2D eigenvalue weighted by Gasteiger charge is -2.19. The average molecular weight is 1030 g/mol. The summed E-state index contributed by atoms with van der Waals surface area (Å²) < 4.78 is 40.6. The zero-order valence-corrected chi connectivity index (χ0v) is 47.7. The van der Waals surface area contributed by atoms with Crippen molar-refractivity contribution < 1.29 is 47.5 Å². The molecule has 428 valence electrons. The van der Waals surface area contributed by atoms with E-state index in [1.807, 2.05) is 0 Å². The zero-order chi connectivity index (χ0) is 52.5. The minimum Gasteiger partial charge on any atom is -0.462 e. The smallest absolute Gasteiger partial charge is 0.407 e. The molecule has 0 saturated carbocycles. The molecule has 0 aromatic heterocycles. The summed E-state index contributed by atoms with van der Waals surface area (Å²) >= 11 is 0. The Morgan fingerprint density at radius 2 is 0.750 bits per heavy atom. The number of rotatable bonds is 59. The molecule has 0 radical (unpaired) electrons. The normalized spacial score (nSPS) is 12.0. The van der Waals surface area contributed by atoms with Gasteiger partial charge in [-0.25, -0.2) is 4.79 Å². The van der Waals surface area contributed by atoms with Crippen LogP contribution in [0.25, 0.3) is 0 Å². The predicted molar refractivity (Wildman–Crippen MR) is 298 cm³/mol. The van der Waals surface area contributed by atoms with Gasteiger partial charge in [0.25, 0.3) is 0 Å². The van der Waals surface area contributed by atoms with Crippen LogP contribution in [0.2, 0.25) is 0 Å². The monoisotopic (exact) mass is 1030 g/mol. The van der Waals surface area contributed by atoms with Gasteiger partial charge in [-0.05, 0) is 77.0 Å². The number of carbonyl (C=O) groups excluding carboxylic acids is 3. The SMILES string of the molecule is CCCCCCCCC(CCCCCCCC)OC(=O)CCCCCCCOCC(COC(=O)NCCOCCOCCN)OCCCCCCCC(=O)OC(CCCCCCCC)CCCCCCCC. The van der Waals surface area contributed by atoms with Gasteiger partial charge in [-0.3, -0.25) is 9.59 Å². The number of nitrogens with two attached hydrogens (primary N) is 1. The molecule has 0 aliphatic carbocycles. The summed E-state index contributed by atoms with van der Waals surface area (Å²) in [6.45, 7) is 13.1. The first-order valence-corrected chi connectivity index (χ1v) is 30.7. The first kappa shape index (κ1) is 70.0. The topological polar surface area (TPSA) is 154 Å². The van der Waals surface area contributed by atoms with Gasteiger partial charge in [-0.2, -0.15) is 0 Å². The van der Waals surface area contributed by atoms with Crippen LogP contribution in [0.15, 0.2) is 0 Å². The van der Waals surface area contributed by atoms with E-state index in [9.17, 15) is 14.4 Å². The van der Waals surface area contributed by atoms with Crippen LogP contribution in [0.5, 0.6) is 0 Å². The predicted octanol–water partition coefficient (Wildman–Crippen LogP) is 15.6. The molecule has 12 nitrogen and oxygen atoms in total. The van der Waals surface area contributed by atoms with Crippen molar-refractivity contribution in [3.8, 4) is 0 Å². The van der Waals surface area contributed by atoms with Crippen LogP contribution in [0.4, 0.5) is 4.79 Å². The number of esters is 2. The highest BCUT2D eigenvalue weighted by molar-refractivity contribution is 5.69. The van der Waals surface area contributed by atoms with E-state index in [-0.39, 0.29) is 36.9 Å². The van der Waals surface area contributed by atoms with Gasteiger partial charge >= 0.3 is 18.0 Å². The quantitative estimate of drug-likeness (QED) is 0.0340. The van der Waals surface area contributed by atoms with Gasteiger partial charge in [-0.1, -0.05) is 195 Å². The molecular formula is C60H118N2O10. The van der Waals surface area contributed by atoms with E-state index in [4.69, 9.17) is 38.9 Å². The van der Waals surface area contributed by atoms with Crippen molar-refractivity contribution in [2.24, 2.45) is 5.73 Å². The van der Waals surface area contributed by atoms with Crippen molar-refractivity contribution in [1.29, 1.82) is 0 Å². The molecule has 0 aliphatic heterocycles. The summed E-state index contributed by atoms with van der Waals surface area (Å²) in [6.07, 6.45) is 44.0. The van der Waals surface area contributed by atoms with E-state index >= 15 is 0 Å². The second-order valence-corrected chi connectivity index (χ2v) is 20.6. The number of carbonyl (C=O) groups is 3. The highest BCUT2D eigenvalue weighted by atomic mass is 16.6. The highest BCUT2D eigenvalue weighted by Gasteiger charge is 2.17. The molecule has 0 bridgehead atoms. The van der Waals surface area contributed by atoms with Crippen molar-refractivity contribution in [3.63, 3.8) is 0 Å². The molecular weight excluding hydrogens is 909 g/mol. The Balaban J connectivity index is 4.68. The average Bonchev–Trinajstić information content (AvgIpc) is 3.37. The molecule has 0 aromatic carbocycles. The Labute approximate surface area is 443 Å². The van der Waals surface area contributed by atoms with Crippen LogP contribution in [-0.4, -0.2) is 102 Å². The van der Waals surface area contributed by atoms with Crippen molar-refractivity contribution in [1.82, 2.24) is 5.32 Å². The van der Waals surface area contributed by atoms with Gasteiger partial charge in [0.15, 0.2) is 0 Å². The highest BCUT2D eigenvalue weighted by Crippen LogP contribution is 2.20. The van der Waals surface area contributed by atoms with Gasteiger partial charge in [0.2, 0.25) is 0 Å². The summed E-state index contributed by atoms with van der Waals surface area (Å²) in [5.41, 5.74) is 5.44. The van der Waals surface area contributed by atoms with Crippen molar-refractivity contribution in [2.45, 2.75) is 303 Å². The van der Waals surface area contributed by atoms with Crippen LogP contribution in [-0.2, 0) is 42.7 Å². The number of nitrogens with one attached hydrogen (secondary N) is 1. The van der Waals surface area contributed by atoms with Crippen LogP contribution in [0.3, 0.4) is 0 Å². The Morgan fingerprint density at radius 1 is 0.375 bits per heavy atom. The number of ether oxygens (including phenoxy) is 7. The molecule has 72 heavy (non-hydrogen) atoms. The van der Waals surface area contributed by atoms with E-state index in [1.165, 1.54) is 128 Å². The minimum absolute atomic E-state index is 0.0298. The van der Waals surface area contributed by atoms with Crippen molar-refractivity contribution in [2.75, 3.05) is 65.9 Å². The summed E-state index contributed by atoms with van der Waals surface area (Å²) in [7, 11) is 0. The maximum atomic E-state index is 12.9. The van der Waals surface area contributed by atoms with E-state index < -0.39 is 6.09 Å². The van der Waals surface area contributed by atoms with Crippen molar-refractivity contribution >= 4 is 18.0 Å². The standard InChI is InChI=1S/C60H118N2O10/c1-5-9-13-17-23-31-39-55(40-32-24-18-14-10-6-2)71-58(63)43-35-27-21-29-37-47-68-53-57(54-70-60(65)62-46-50-67-52-51-66-49-45-61)69-48-38-30-22-28-36-44-59(64)72-56(41-33-25-19-15-11-7-3)42-34-26-20-16-12-8-4/h55-57H,5-54,61H2,1-4H3,(H,62,65). The maximum absolute atomic E-state index is 12.9. The molecule has 12 heteroatoms. The van der Waals surface area contributed by atoms with Crippen LogP contribution >= 0.6 is 0 Å². The molecule has 3 N–H and O–H groups in total. The first-order chi connectivity index (χ1) is 35.4. The molecule has 0 aliphatic rings. The number of unbranched alkanes of at least 4 members (excludes halogenated alkanes) is 28. The number of hydrogen-bond acceptors (Lipinski definition) is 11. The van der Waals surface area contributed by atoms with Crippen LogP contribution in [0.1, 0.15) is 285 Å². The van der Waals surface area contributed by atoms with Crippen molar-refractivity contribution in [3.05, 3.63) is 0 Å². The lowest BCUT2D eigenvalue weighted by atomic mass is 10.0. The summed E-state index contributed by atoms with van der Waals surface area (Å²) in [5, 5.41) is 2.73. The lowest BCUT2D eigenvalue weighted by molar-refractivity contribution is -0.151. The van der Waals surface area contributed by atoms with Crippen LogP contribution < -0.4 is 11.1 Å². The van der Waals surface area contributed by atoms with Gasteiger partial charge in [0, 0.05) is 39.1 Å². The second kappa shape index (κ2) is 58.3. The van der Waals surface area contributed by atoms with Gasteiger partial charge in [0.05, 0.1) is 33.0 Å². The number of hydrogen-bond donors (Lipinski definition) is 2. The molecule has 1 amide bonds. The summed E-state index contributed by atoms with van der Waals surface area (Å²) in [5.74, 6) is -0.0662. The first-order valence-electron chi connectivity index (χ1n) is 30.7. The summed E-state index contributed by atoms with van der Waals surface area (Å²) in [4.78, 5) is 38.2. The fourth-order valence-electron chi connectivity index (χ4n) is 8.99. The Morgan fingerprint density at radius 3 is 1.18 bits per heavy atom. The third-order valence-corrected chi connectivity index (χ3v) is 13.5. The number of amides is 1.